The van der Waals surface area contributed by atoms with E-state index in [1.807, 2.05) is 0 Å². The topological polar surface area (TPSA) is 15.3 Å². The van der Waals surface area contributed by atoms with Gasteiger partial charge in [-0.3, -0.25) is 4.90 Å². The Morgan fingerprint density at radius 1 is 1.25 bits per heavy atom. The molecule has 1 aromatic carbocycles. The van der Waals surface area contributed by atoms with Crippen LogP contribution in [-0.4, -0.2) is 30.1 Å². The van der Waals surface area contributed by atoms with Gasteiger partial charge in [0.2, 0.25) is 0 Å². The molecule has 3 heteroatoms. The minimum absolute atomic E-state index is 0.191. The second-order valence-corrected chi connectivity index (χ2v) is 7.81. The van der Waals surface area contributed by atoms with Crippen LogP contribution in [0.5, 0.6) is 0 Å². The van der Waals surface area contributed by atoms with Gasteiger partial charge in [-0.15, -0.1) is 0 Å². The normalized spacial score (nSPS) is 15.4. The van der Waals surface area contributed by atoms with Gasteiger partial charge in [0.05, 0.1) is 0 Å². The summed E-state index contributed by atoms with van der Waals surface area (Å²) in [4.78, 5) is 2.43. The molecule has 2 atom stereocenters. The quantitative estimate of drug-likeness (QED) is 0.830. The Labute approximate surface area is 133 Å². The van der Waals surface area contributed by atoms with Crippen LogP contribution in [0.4, 0.5) is 0 Å². The fourth-order valence-electron chi connectivity index (χ4n) is 2.14. The maximum absolute atomic E-state index is 3.60. The maximum Gasteiger partial charge on any atom is 0.0234 e. The Morgan fingerprint density at radius 2 is 1.90 bits per heavy atom. The average molecular weight is 341 g/mol. The van der Waals surface area contributed by atoms with E-state index in [4.69, 9.17) is 0 Å². The molecule has 0 fully saturated rings. The molecule has 0 saturated heterocycles. The van der Waals surface area contributed by atoms with Crippen LogP contribution in [0.1, 0.15) is 40.2 Å². The van der Waals surface area contributed by atoms with Crippen molar-refractivity contribution >= 4 is 15.9 Å². The van der Waals surface area contributed by atoms with Crippen LogP contribution in [0.2, 0.25) is 0 Å². The average Bonchev–Trinajstić information content (AvgIpc) is 2.34. The van der Waals surface area contributed by atoms with Gasteiger partial charge in [0.25, 0.3) is 0 Å². The van der Waals surface area contributed by atoms with Crippen LogP contribution in [0, 0.1) is 5.92 Å². The smallest absolute Gasteiger partial charge is 0.0234 e. The first kappa shape index (κ1) is 17.7. The van der Waals surface area contributed by atoms with Gasteiger partial charge < -0.3 is 5.32 Å². The summed E-state index contributed by atoms with van der Waals surface area (Å²) in [5, 5.41) is 3.60. The van der Waals surface area contributed by atoms with Gasteiger partial charge in [-0.2, -0.15) is 0 Å². The van der Waals surface area contributed by atoms with Crippen molar-refractivity contribution in [3.63, 3.8) is 0 Å². The molecule has 0 amide bonds. The second-order valence-electron chi connectivity index (χ2n) is 6.89. The highest BCUT2D eigenvalue weighted by Crippen LogP contribution is 2.16. The van der Waals surface area contributed by atoms with Gasteiger partial charge in [0.15, 0.2) is 0 Å². The first-order chi connectivity index (χ1) is 9.19. The molecule has 114 valence electrons. The van der Waals surface area contributed by atoms with Crippen molar-refractivity contribution in [3.05, 3.63) is 34.3 Å². The Kier molecular flexibility index (Phi) is 6.70. The number of hydrogen-bond acceptors (Lipinski definition) is 2. The summed E-state index contributed by atoms with van der Waals surface area (Å²) < 4.78 is 1.15. The molecule has 2 nitrogen and oxygen atoms in total. The summed E-state index contributed by atoms with van der Waals surface area (Å²) >= 11 is 3.54. The third kappa shape index (κ3) is 6.38. The van der Waals surface area contributed by atoms with Crippen molar-refractivity contribution in [1.82, 2.24) is 10.2 Å². The van der Waals surface area contributed by atoms with E-state index < -0.39 is 0 Å². The van der Waals surface area contributed by atoms with Crippen molar-refractivity contribution in [3.8, 4) is 0 Å². The zero-order chi connectivity index (χ0) is 15.3. The van der Waals surface area contributed by atoms with E-state index >= 15 is 0 Å². The highest BCUT2D eigenvalue weighted by Gasteiger charge is 2.19. The monoisotopic (exact) mass is 340 g/mol. The molecule has 0 aliphatic heterocycles. The first-order valence-corrected chi connectivity index (χ1v) is 8.18. The zero-order valence-corrected chi connectivity index (χ0v) is 15.3. The Bertz CT molecular complexity index is 412. The lowest BCUT2D eigenvalue weighted by atomic mass is 9.99. The summed E-state index contributed by atoms with van der Waals surface area (Å²) in [6, 6.07) is 9.10. The van der Waals surface area contributed by atoms with Crippen LogP contribution in [0.3, 0.4) is 0 Å². The number of benzene rings is 1. The molecule has 0 aliphatic rings. The van der Waals surface area contributed by atoms with E-state index in [1.54, 1.807) is 0 Å². The van der Waals surface area contributed by atoms with Crippen LogP contribution in [-0.2, 0) is 6.54 Å². The first-order valence-electron chi connectivity index (χ1n) is 7.39. The SMILES string of the molecule is CC(CNC(C)(C)C)C(C)N(C)Cc1cccc(Br)c1. The molecule has 0 aliphatic carbocycles. The van der Waals surface area contributed by atoms with Crippen LogP contribution < -0.4 is 5.32 Å². The van der Waals surface area contributed by atoms with Crippen molar-refractivity contribution in [2.24, 2.45) is 5.92 Å². The zero-order valence-electron chi connectivity index (χ0n) is 13.7. The molecular formula is C17H29BrN2. The number of nitrogens with zero attached hydrogens (tertiary/aromatic N) is 1. The standard InChI is InChI=1S/C17H29BrN2/c1-13(11-19-17(3,4)5)14(2)20(6)12-15-8-7-9-16(18)10-15/h7-10,13-14,19H,11-12H2,1-6H3. The molecule has 20 heavy (non-hydrogen) atoms. The Morgan fingerprint density at radius 3 is 2.45 bits per heavy atom. The molecule has 0 heterocycles. The van der Waals surface area contributed by atoms with Gasteiger partial charge in [0, 0.05) is 22.6 Å². The van der Waals surface area contributed by atoms with E-state index in [1.165, 1.54) is 5.56 Å². The predicted molar refractivity (Wildman–Crippen MR) is 92.0 cm³/mol. The highest BCUT2D eigenvalue weighted by molar-refractivity contribution is 9.10. The van der Waals surface area contributed by atoms with Crippen LogP contribution in [0.15, 0.2) is 28.7 Å². The van der Waals surface area contributed by atoms with Gasteiger partial charge in [-0.05, 0) is 64.9 Å². The highest BCUT2D eigenvalue weighted by atomic mass is 79.9. The van der Waals surface area contributed by atoms with Crippen molar-refractivity contribution in [2.75, 3.05) is 13.6 Å². The number of hydrogen-bond donors (Lipinski definition) is 1. The number of nitrogens with one attached hydrogen (secondary N) is 1. The summed E-state index contributed by atoms with van der Waals surface area (Å²) in [7, 11) is 2.21. The van der Waals surface area contributed by atoms with E-state index in [9.17, 15) is 0 Å². The number of halogens is 1. The Hall–Kier alpha value is -0.380. The second kappa shape index (κ2) is 7.58. The molecule has 0 saturated carbocycles. The predicted octanol–water partition coefficient (Wildman–Crippen LogP) is 4.29. The molecule has 2 unspecified atom stereocenters. The third-order valence-electron chi connectivity index (χ3n) is 3.79. The minimum Gasteiger partial charge on any atom is -0.312 e. The molecule has 1 rings (SSSR count). The van der Waals surface area contributed by atoms with Gasteiger partial charge in [-0.1, -0.05) is 35.0 Å². The summed E-state index contributed by atoms with van der Waals surface area (Å²) in [6.45, 7) is 13.3. The van der Waals surface area contributed by atoms with E-state index in [-0.39, 0.29) is 5.54 Å². The fourth-order valence-corrected chi connectivity index (χ4v) is 2.59. The number of rotatable bonds is 6. The summed E-state index contributed by atoms with van der Waals surface area (Å²) in [5.74, 6) is 0.617. The molecule has 1 N–H and O–H groups in total. The van der Waals surface area contributed by atoms with Crippen molar-refractivity contribution < 1.29 is 0 Å². The maximum atomic E-state index is 3.60. The van der Waals surface area contributed by atoms with Crippen LogP contribution >= 0.6 is 15.9 Å². The van der Waals surface area contributed by atoms with Gasteiger partial charge in [-0.25, -0.2) is 0 Å². The minimum atomic E-state index is 0.191. The lowest BCUT2D eigenvalue weighted by Crippen LogP contribution is -2.44. The molecule has 0 bridgehead atoms. The largest absolute Gasteiger partial charge is 0.312 e. The Balaban J connectivity index is 2.51. The van der Waals surface area contributed by atoms with Crippen molar-refractivity contribution in [2.45, 2.75) is 52.7 Å². The summed E-state index contributed by atoms with van der Waals surface area (Å²) in [6.07, 6.45) is 0. The summed E-state index contributed by atoms with van der Waals surface area (Å²) in [5.41, 5.74) is 1.54. The molecule has 1 aromatic rings. The molecule has 0 radical (unpaired) electrons. The lowest BCUT2D eigenvalue weighted by Gasteiger charge is -2.32. The van der Waals surface area contributed by atoms with Gasteiger partial charge in [0.1, 0.15) is 0 Å². The third-order valence-corrected chi connectivity index (χ3v) is 4.29. The van der Waals surface area contributed by atoms with E-state index in [0.717, 1.165) is 17.6 Å². The van der Waals surface area contributed by atoms with Crippen molar-refractivity contribution in [1.29, 1.82) is 0 Å². The van der Waals surface area contributed by atoms with Crippen LogP contribution in [0.25, 0.3) is 0 Å². The fraction of sp³-hybridized carbons (Fsp3) is 0.647. The molecular weight excluding hydrogens is 312 g/mol. The van der Waals surface area contributed by atoms with E-state index in [2.05, 4.69) is 92.1 Å². The van der Waals surface area contributed by atoms with Gasteiger partial charge >= 0.3 is 0 Å². The lowest BCUT2D eigenvalue weighted by molar-refractivity contribution is 0.182. The molecule has 0 aromatic heterocycles. The van der Waals surface area contributed by atoms with E-state index in [0.29, 0.717) is 12.0 Å². The molecule has 0 spiro atoms.